The topological polar surface area (TPSA) is 49.8 Å². The van der Waals surface area contributed by atoms with Crippen LogP contribution in [-0.2, 0) is 11.2 Å². The van der Waals surface area contributed by atoms with Crippen molar-refractivity contribution in [2.75, 3.05) is 12.0 Å². The van der Waals surface area contributed by atoms with Crippen molar-refractivity contribution < 1.29 is 14.6 Å². The maximum Gasteiger partial charge on any atom is 0.270 e. The predicted octanol–water partition coefficient (Wildman–Crippen LogP) is 5.95. The van der Waals surface area contributed by atoms with Crippen molar-refractivity contribution in [3.63, 3.8) is 0 Å². The highest BCUT2D eigenvalue weighted by Crippen LogP contribution is 2.39. The van der Waals surface area contributed by atoms with E-state index >= 15 is 0 Å². The third kappa shape index (κ3) is 4.12. The summed E-state index contributed by atoms with van der Waals surface area (Å²) in [6.45, 7) is 3.70. The molecule has 0 unspecified atom stereocenters. The van der Waals surface area contributed by atoms with E-state index in [-0.39, 0.29) is 11.7 Å². The van der Waals surface area contributed by atoms with Crippen LogP contribution in [0.25, 0.3) is 6.08 Å². The Morgan fingerprint density at radius 1 is 1.39 bits per heavy atom. The van der Waals surface area contributed by atoms with Crippen LogP contribution in [0.15, 0.2) is 52.4 Å². The number of carbonyl (C=O) groups excluding carboxylic acids is 1. The molecule has 1 heterocycles. The Kier molecular flexibility index (Phi) is 6.50. The van der Waals surface area contributed by atoms with E-state index in [1.807, 2.05) is 0 Å². The Bertz CT molecular complexity index is 1020. The number of halogens is 2. The maximum atomic E-state index is 12.9. The van der Waals surface area contributed by atoms with Crippen molar-refractivity contribution in [2.45, 2.75) is 6.42 Å². The molecule has 1 N–H and O–H groups in total. The molecule has 2 aromatic carbocycles. The lowest BCUT2D eigenvalue weighted by Crippen LogP contribution is -2.27. The molecule has 0 radical (unpaired) electrons. The number of phenols is 1. The van der Waals surface area contributed by atoms with Gasteiger partial charge in [0.1, 0.15) is 0 Å². The maximum absolute atomic E-state index is 12.9. The number of nitrogens with zero attached hydrogens (tertiary/aromatic N) is 1. The van der Waals surface area contributed by atoms with Gasteiger partial charge >= 0.3 is 0 Å². The van der Waals surface area contributed by atoms with Crippen molar-refractivity contribution >= 4 is 73.5 Å². The molecule has 0 bridgehead atoms. The molecule has 3 rings (SSSR count). The molecular formula is C20H15BrClNO3S2. The van der Waals surface area contributed by atoms with Crippen LogP contribution in [0.1, 0.15) is 11.1 Å². The molecular weight excluding hydrogens is 482 g/mol. The second-order valence-corrected chi connectivity index (χ2v) is 8.78. The molecule has 0 atom stereocenters. The predicted molar refractivity (Wildman–Crippen MR) is 123 cm³/mol. The fraction of sp³-hybridized carbons (Fsp3) is 0.100. The fourth-order valence-electron chi connectivity index (χ4n) is 2.71. The molecule has 1 saturated heterocycles. The monoisotopic (exact) mass is 495 g/mol. The number of hydrogen-bond acceptors (Lipinski definition) is 5. The summed E-state index contributed by atoms with van der Waals surface area (Å²) in [5.41, 5.74) is 1.99. The number of ether oxygens (including phenoxy) is 1. The summed E-state index contributed by atoms with van der Waals surface area (Å²) in [5.74, 6) is 0.170. The van der Waals surface area contributed by atoms with E-state index in [9.17, 15) is 9.90 Å². The number of aromatic hydroxyl groups is 1. The SMILES string of the molecule is C=CCc1cc(/C=C2\SC(=S)N(c3ccc(Br)c(Cl)c3)C2=O)cc(OC)c1O. The van der Waals surface area contributed by atoms with Gasteiger partial charge in [0.2, 0.25) is 0 Å². The van der Waals surface area contributed by atoms with Gasteiger partial charge in [-0.25, -0.2) is 0 Å². The quantitative estimate of drug-likeness (QED) is 0.315. The highest BCUT2D eigenvalue weighted by atomic mass is 79.9. The van der Waals surface area contributed by atoms with Gasteiger partial charge in [-0.1, -0.05) is 41.7 Å². The first-order chi connectivity index (χ1) is 13.3. The van der Waals surface area contributed by atoms with Crippen LogP contribution < -0.4 is 9.64 Å². The number of benzene rings is 2. The zero-order chi connectivity index (χ0) is 20.4. The van der Waals surface area contributed by atoms with Crippen LogP contribution in [0.5, 0.6) is 11.5 Å². The molecule has 8 heteroatoms. The average molecular weight is 497 g/mol. The molecule has 0 spiro atoms. The van der Waals surface area contributed by atoms with Gasteiger partial charge in [0, 0.05) is 10.0 Å². The number of thioether (sulfide) groups is 1. The lowest BCUT2D eigenvalue weighted by molar-refractivity contribution is -0.113. The summed E-state index contributed by atoms with van der Waals surface area (Å²) in [6.07, 6.45) is 3.89. The molecule has 1 aliphatic rings. The standard InChI is InChI=1S/C20H15BrClNO3S2/c1-3-4-12-7-11(8-16(26-2)18(12)24)9-17-19(25)23(20(27)28-17)13-5-6-14(21)15(22)10-13/h3,5-10,24H,1,4H2,2H3/b17-9-. The molecule has 144 valence electrons. The average Bonchev–Trinajstić information content (AvgIpc) is 2.93. The van der Waals surface area contributed by atoms with Crippen LogP contribution in [0.2, 0.25) is 5.02 Å². The van der Waals surface area contributed by atoms with Crippen LogP contribution >= 0.6 is 51.5 Å². The lowest BCUT2D eigenvalue weighted by Gasteiger charge is -2.15. The molecule has 28 heavy (non-hydrogen) atoms. The van der Waals surface area contributed by atoms with Gasteiger partial charge in [-0.05, 0) is 64.3 Å². The van der Waals surface area contributed by atoms with E-state index in [2.05, 4.69) is 22.5 Å². The van der Waals surface area contributed by atoms with E-state index in [0.717, 1.165) is 10.0 Å². The minimum absolute atomic E-state index is 0.0663. The van der Waals surface area contributed by atoms with Crippen molar-refractivity contribution in [1.82, 2.24) is 0 Å². The second kappa shape index (κ2) is 8.69. The highest BCUT2D eigenvalue weighted by molar-refractivity contribution is 9.10. The molecule has 2 aromatic rings. The number of hydrogen-bond donors (Lipinski definition) is 1. The lowest BCUT2D eigenvalue weighted by atomic mass is 10.1. The molecule has 4 nitrogen and oxygen atoms in total. The van der Waals surface area contributed by atoms with Crippen LogP contribution in [0.3, 0.4) is 0 Å². The van der Waals surface area contributed by atoms with Gasteiger partial charge in [-0.15, -0.1) is 6.58 Å². The number of thiocarbonyl (C=S) groups is 1. The molecule has 1 aliphatic heterocycles. The van der Waals surface area contributed by atoms with E-state index in [1.54, 1.807) is 42.5 Å². The Morgan fingerprint density at radius 3 is 2.79 bits per heavy atom. The normalized spacial score (nSPS) is 15.4. The van der Waals surface area contributed by atoms with Crippen molar-refractivity contribution in [2.24, 2.45) is 0 Å². The number of allylic oxidation sites excluding steroid dienone is 1. The summed E-state index contributed by atoms with van der Waals surface area (Å²) in [5, 5.41) is 10.7. The Hall–Kier alpha value is -1.80. The first kappa shape index (κ1) is 20.9. The van der Waals surface area contributed by atoms with E-state index in [4.69, 9.17) is 28.6 Å². The Balaban J connectivity index is 1.98. The van der Waals surface area contributed by atoms with Crippen molar-refractivity contribution in [1.29, 1.82) is 0 Å². The van der Waals surface area contributed by atoms with E-state index in [1.165, 1.54) is 23.8 Å². The minimum atomic E-state index is -0.231. The molecule has 0 aliphatic carbocycles. The number of rotatable bonds is 5. The number of methoxy groups -OCH3 is 1. The molecule has 1 fully saturated rings. The smallest absolute Gasteiger partial charge is 0.270 e. The molecule has 1 amide bonds. The van der Waals surface area contributed by atoms with Crippen molar-refractivity contribution in [3.05, 3.63) is 68.5 Å². The number of phenolic OH excluding ortho intramolecular Hbond substituents is 1. The highest BCUT2D eigenvalue weighted by Gasteiger charge is 2.33. The van der Waals surface area contributed by atoms with Gasteiger partial charge in [0.15, 0.2) is 15.8 Å². The number of carbonyl (C=O) groups is 1. The Labute approximate surface area is 186 Å². The van der Waals surface area contributed by atoms with Gasteiger partial charge in [-0.3, -0.25) is 9.69 Å². The first-order valence-corrected chi connectivity index (χ1v) is 10.5. The summed E-state index contributed by atoms with van der Waals surface area (Å²) in [7, 11) is 1.48. The van der Waals surface area contributed by atoms with Crippen LogP contribution in [0, 0.1) is 0 Å². The van der Waals surface area contributed by atoms with Gasteiger partial charge in [0.25, 0.3) is 5.91 Å². The summed E-state index contributed by atoms with van der Waals surface area (Å²) in [6, 6.07) is 8.69. The van der Waals surface area contributed by atoms with Crippen molar-refractivity contribution in [3.8, 4) is 11.5 Å². The zero-order valence-corrected chi connectivity index (χ0v) is 18.7. The summed E-state index contributed by atoms with van der Waals surface area (Å²) in [4.78, 5) is 14.9. The Morgan fingerprint density at radius 2 is 2.14 bits per heavy atom. The van der Waals surface area contributed by atoms with Gasteiger partial charge in [0.05, 0.1) is 22.7 Å². The number of amides is 1. The van der Waals surface area contributed by atoms with Crippen LogP contribution in [0.4, 0.5) is 5.69 Å². The van der Waals surface area contributed by atoms with Gasteiger partial charge in [-0.2, -0.15) is 0 Å². The first-order valence-electron chi connectivity index (χ1n) is 8.09. The van der Waals surface area contributed by atoms with Gasteiger partial charge < -0.3 is 9.84 Å². The van der Waals surface area contributed by atoms with Crippen LogP contribution in [-0.4, -0.2) is 22.4 Å². The molecule has 0 saturated carbocycles. The number of anilines is 1. The summed E-state index contributed by atoms with van der Waals surface area (Å²) >= 11 is 16.1. The largest absolute Gasteiger partial charge is 0.504 e. The zero-order valence-electron chi connectivity index (χ0n) is 14.7. The molecule has 0 aromatic heterocycles. The third-order valence-corrected chi connectivity index (χ3v) is 6.55. The third-order valence-electron chi connectivity index (χ3n) is 4.01. The summed E-state index contributed by atoms with van der Waals surface area (Å²) < 4.78 is 6.40. The van der Waals surface area contributed by atoms with E-state index in [0.29, 0.717) is 37.7 Å². The van der Waals surface area contributed by atoms with E-state index < -0.39 is 0 Å². The minimum Gasteiger partial charge on any atom is -0.504 e. The second-order valence-electron chi connectivity index (χ2n) is 5.84. The fourth-order valence-corrected chi connectivity index (χ4v) is 4.43.